The number of aromatic nitrogens is 1. The van der Waals surface area contributed by atoms with Crippen LogP contribution in [0.15, 0.2) is 30.5 Å². The van der Waals surface area contributed by atoms with E-state index in [1.165, 1.54) is 0 Å². The molecular formula is C12H10Cl2N2. The molecule has 0 saturated carbocycles. The third kappa shape index (κ3) is 2.13. The Morgan fingerprint density at radius 1 is 1.12 bits per heavy atom. The standard InChI is InChI=1S/C12H10Cl2N2/c1-7-4-9(12(15)16-6-7)8-2-3-10(13)11(14)5-8/h2-6H,1H3,(H2,15,16). The van der Waals surface area contributed by atoms with Crippen molar-refractivity contribution < 1.29 is 0 Å². The lowest BCUT2D eigenvalue weighted by molar-refractivity contribution is 1.28. The summed E-state index contributed by atoms with van der Waals surface area (Å²) < 4.78 is 0. The Bertz CT molecular complexity index is 539. The van der Waals surface area contributed by atoms with Crippen molar-refractivity contribution in [1.82, 2.24) is 4.98 Å². The summed E-state index contributed by atoms with van der Waals surface area (Å²) in [5.74, 6) is 0.490. The van der Waals surface area contributed by atoms with Crippen LogP contribution < -0.4 is 5.73 Å². The Morgan fingerprint density at radius 3 is 2.56 bits per heavy atom. The van der Waals surface area contributed by atoms with E-state index < -0.39 is 0 Å². The SMILES string of the molecule is Cc1cnc(N)c(-c2ccc(Cl)c(Cl)c2)c1. The number of pyridine rings is 1. The van der Waals surface area contributed by atoms with Gasteiger partial charge in [-0.05, 0) is 36.2 Å². The van der Waals surface area contributed by atoms with Crippen LogP contribution in [0.1, 0.15) is 5.56 Å². The number of benzene rings is 1. The van der Waals surface area contributed by atoms with E-state index in [-0.39, 0.29) is 0 Å². The minimum Gasteiger partial charge on any atom is -0.383 e. The van der Waals surface area contributed by atoms with E-state index in [4.69, 9.17) is 28.9 Å². The minimum absolute atomic E-state index is 0.490. The molecule has 2 rings (SSSR count). The van der Waals surface area contributed by atoms with Crippen LogP contribution in [0.5, 0.6) is 0 Å². The highest BCUT2D eigenvalue weighted by Gasteiger charge is 2.06. The van der Waals surface area contributed by atoms with E-state index in [1.54, 1.807) is 18.3 Å². The molecule has 4 heteroatoms. The molecule has 2 nitrogen and oxygen atoms in total. The van der Waals surface area contributed by atoms with Gasteiger partial charge in [0.05, 0.1) is 10.0 Å². The van der Waals surface area contributed by atoms with E-state index in [2.05, 4.69) is 4.98 Å². The molecule has 0 unspecified atom stereocenters. The maximum Gasteiger partial charge on any atom is 0.131 e. The summed E-state index contributed by atoms with van der Waals surface area (Å²) in [6, 6.07) is 7.39. The summed E-state index contributed by atoms with van der Waals surface area (Å²) in [5, 5.41) is 1.05. The van der Waals surface area contributed by atoms with Crippen molar-refractivity contribution in [3.63, 3.8) is 0 Å². The van der Waals surface area contributed by atoms with Gasteiger partial charge < -0.3 is 5.73 Å². The quantitative estimate of drug-likeness (QED) is 0.835. The van der Waals surface area contributed by atoms with Crippen molar-refractivity contribution in [1.29, 1.82) is 0 Å². The van der Waals surface area contributed by atoms with E-state index in [9.17, 15) is 0 Å². The molecule has 0 bridgehead atoms. The molecule has 0 radical (unpaired) electrons. The summed E-state index contributed by atoms with van der Waals surface area (Å²) >= 11 is 11.8. The van der Waals surface area contributed by atoms with Crippen LogP contribution in [-0.2, 0) is 0 Å². The van der Waals surface area contributed by atoms with Crippen LogP contribution in [-0.4, -0.2) is 4.98 Å². The van der Waals surface area contributed by atoms with Crippen molar-refractivity contribution in [2.24, 2.45) is 0 Å². The largest absolute Gasteiger partial charge is 0.383 e. The van der Waals surface area contributed by atoms with Crippen LogP contribution in [0.4, 0.5) is 5.82 Å². The zero-order chi connectivity index (χ0) is 11.7. The zero-order valence-corrected chi connectivity index (χ0v) is 10.2. The normalized spacial score (nSPS) is 10.4. The van der Waals surface area contributed by atoms with Crippen molar-refractivity contribution in [2.45, 2.75) is 6.92 Å². The van der Waals surface area contributed by atoms with E-state index in [0.29, 0.717) is 15.9 Å². The number of hydrogen-bond acceptors (Lipinski definition) is 2. The highest BCUT2D eigenvalue weighted by molar-refractivity contribution is 6.42. The number of rotatable bonds is 1. The Labute approximate surface area is 104 Å². The third-order valence-electron chi connectivity index (χ3n) is 2.29. The third-order valence-corrected chi connectivity index (χ3v) is 3.02. The average molecular weight is 253 g/mol. The molecule has 1 aromatic heterocycles. The van der Waals surface area contributed by atoms with Gasteiger partial charge in [-0.15, -0.1) is 0 Å². The second-order valence-electron chi connectivity index (χ2n) is 3.57. The number of halogens is 2. The van der Waals surface area contributed by atoms with Crippen molar-refractivity contribution in [3.05, 3.63) is 46.1 Å². The van der Waals surface area contributed by atoms with Gasteiger partial charge in [0.15, 0.2) is 0 Å². The average Bonchev–Trinajstić information content (AvgIpc) is 2.26. The lowest BCUT2D eigenvalue weighted by Gasteiger charge is -2.07. The second kappa shape index (κ2) is 4.32. The monoisotopic (exact) mass is 252 g/mol. The summed E-state index contributed by atoms with van der Waals surface area (Å²) in [6.07, 6.45) is 1.73. The van der Waals surface area contributed by atoms with Crippen molar-refractivity contribution in [2.75, 3.05) is 5.73 Å². The lowest BCUT2D eigenvalue weighted by atomic mass is 10.1. The van der Waals surface area contributed by atoms with Gasteiger partial charge in [0.25, 0.3) is 0 Å². The molecule has 0 atom stereocenters. The predicted octanol–water partition coefficient (Wildman–Crippen LogP) is 3.95. The molecule has 16 heavy (non-hydrogen) atoms. The Morgan fingerprint density at radius 2 is 1.88 bits per heavy atom. The van der Waals surface area contributed by atoms with Crippen LogP contribution in [0, 0.1) is 6.92 Å². The number of nitrogens with zero attached hydrogens (tertiary/aromatic N) is 1. The number of hydrogen-bond donors (Lipinski definition) is 1. The van der Waals surface area contributed by atoms with Crippen molar-refractivity contribution >= 4 is 29.0 Å². The number of anilines is 1. The fraction of sp³-hybridized carbons (Fsp3) is 0.0833. The van der Waals surface area contributed by atoms with Crippen molar-refractivity contribution in [3.8, 4) is 11.1 Å². The van der Waals surface area contributed by atoms with Crippen LogP contribution >= 0.6 is 23.2 Å². The maximum absolute atomic E-state index is 5.96. The fourth-order valence-corrected chi connectivity index (χ4v) is 1.77. The summed E-state index contributed by atoms with van der Waals surface area (Å²) in [5.41, 5.74) is 8.67. The topological polar surface area (TPSA) is 38.9 Å². The molecule has 0 aliphatic heterocycles. The van der Waals surface area contributed by atoms with Crippen LogP contribution in [0.2, 0.25) is 10.0 Å². The van der Waals surface area contributed by atoms with Gasteiger partial charge in [0.1, 0.15) is 5.82 Å². The minimum atomic E-state index is 0.490. The van der Waals surface area contributed by atoms with E-state index in [1.807, 2.05) is 19.1 Å². The maximum atomic E-state index is 5.96. The molecule has 0 spiro atoms. The molecule has 1 heterocycles. The Kier molecular flexibility index (Phi) is 3.03. The molecule has 0 saturated heterocycles. The first kappa shape index (κ1) is 11.2. The van der Waals surface area contributed by atoms with Gasteiger partial charge in [-0.2, -0.15) is 0 Å². The highest BCUT2D eigenvalue weighted by Crippen LogP contribution is 2.31. The first-order valence-electron chi connectivity index (χ1n) is 4.75. The second-order valence-corrected chi connectivity index (χ2v) is 4.39. The predicted molar refractivity (Wildman–Crippen MR) is 68.8 cm³/mol. The Balaban J connectivity index is 2.58. The summed E-state index contributed by atoms with van der Waals surface area (Å²) in [4.78, 5) is 4.11. The van der Waals surface area contributed by atoms with Gasteiger partial charge in [-0.1, -0.05) is 29.3 Å². The number of nitrogen functional groups attached to an aromatic ring is 1. The van der Waals surface area contributed by atoms with Crippen LogP contribution in [0.25, 0.3) is 11.1 Å². The Hall–Kier alpha value is -1.25. The smallest absolute Gasteiger partial charge is 0.131 e. The lowest BCUT2D eigenvalue weighted by Crippen LogP contribution is -1.94. The molecule has 0 aliphatic rings. The molecule has 2 aromatic rings. The molecule has 2 N–H and O–H groups in total. The zero-order valence-electron chi connectivity index (χ0n) is 8.67. The van der Waals surface area contributed by atoms with Crippen LogP contribution in [0.3, 0.4) is 0 Å². The van der Waals surface area contributed by atoms with Gasteiger partial charge in [0.2, 0.25) is 0 Å². The fourth-order valence-electron chi connectivity index (χ4n) is 1.47. The summed E-state index contributed by atoms with van der Waals surface area (Å²) in [7, 11) is 0. The molecule has 82 valence electrons. The first-order chi connectivity index (χ1) is 7.58. The molecule has 0 fully saturated rings. The van der Waals surface area contributed by atoms with Gasteiger partial charge in [-0.3, -0.25) is 0 Å². The van der Waals surface area contributed by atoms with E-state index in [0.717, 1.165) is 16.7 Å². The first-order valence-corrected chi connectivity index (χ1v) is 5.51. The molecule has 0 amide bonds. The molecule has 0 aliphatic carbocycles. The van der Waals surface area contributed by atoms with Gasteiger partial charge in [-0.25, -0.2) is 4.98 Å². The molecular weight excluding hydrogens is 243 g/mol. The summed E-state index contributed by atoms with van der Waals surface area (Å²) in [6.45, 7) is 1.97. The van der Waals surface area contributed by atoms with Gasteiger partial charge in [0, 0.05) is 11.8 Å². The number of aryl methyl sites for hydroxylation is 1. The highest BCUT2D eigenvalue weighted by atomic mass is 35.5. The number of nitrogens with two attached hydrogens (primary N) is 1. The van der Waals surface area contributed by atoms with Gasteiger partial charge >= 0.3 is 0 Å². The molecule has 1 aromatic carbocycles. The van der Waals surface area contributed by atoms with E-state index >= 15 is 0 Å².